The normalized spacial score (nSPS) is 20.7. The van der Waals surface area contributed by atoms with Crippen molar-refractivity contribution >= 4 is 29.8 Å². The number of nitrogens with zero attached hydrogens (tertiary/aromatic N) is 4. The number of aliphatic carboxylic acids is 1. The fourth-order valence-corrected chi connectivity index (χ4v) is 4.58. The number of imide groups is 1. The zero-order valence-corrected chi connectivity index (χ0v) is 20.0. The Bertz CT molecular complexity index is 936. The van der Waals surface area contributed by atoms with E-state index < -0.39 is 36.0 Å². The molecule has 2 saturated heterocycles. The molecule has 0 radical (unpaired) electrons. The summed E-state index contributed by atoms with van der Waals surface area (Å²) < 4.78 is 5.66. The lowest BCUT2D eigenvalue weighted by Gasteiger charge is -2.46. The zero-order chi connectivity index (χ0) is 25.2. The first-order valence-electron chi connectivity index (χ1n) is 11.5. The van der Waals surface area contributed by atoms with Gasteiger partial charge in [-0.05, 0) is 36.0 Å². The molecule has 2 fully saturated rings. The number of anilines is 1. The molecular formula is C23H33N5O6. The molecule has 186 valence electrons. The van der Waals surface area contributed by atoms with Crippen molar-refractivity contribution in [3.05, 3.63) is 23.9 Å². The average Bonchev–Trinajstić information content (AvgIpc) is 2.78. The van der Waals surface area contributed by atoms with Crippen LogP contribution >= 0.6 is 0 Å². The minimum absolute atomic E-state index is 0.152. The van der Waals surface area contributed by atoms with E-state index in [4.69, 9.17) is 10.5 Å². The van der Waals surface area contributed by atoms with Crippen LogP contribution in [0.1, 0.15) is 33.3 Å². The zero-order valence-electron chi connectivity index (χ0n) is 20.0. The highest BCUT2D eigenvalue weighted by Gasteiger charge is 2.55. The Morgan fingerprint density at radius 1 is 1.12 bits per heavy atom. The number of β-lactam (4-membered cyclic amide) rings is 1. The van der Waals surface area contributed by atoms with Crippen molar-refractivity contribution in [3.63, 3.8) is 0 Å². The highest BCUT2D eigenvalue weighted by Crippen LogP contribution is 2.32. The first-order chi connectivity index (χ1) is 16.0. The molecule has 0 bridgehead atoms. The Hall–Kier alpha value is -3.37. The molecule has 11 nitrogen and oxygen atoms in total. The molecule has 0 aliphatic carbocycles. The molecule has 1 aromatic rings. The van der Waals surface area contributed by atoms with Crippen LogP contribution in [0.15, 0.2) is 18.3 Å². The van der Waals surface area contributed by atoms with Crippen molar-refractivity contribution < 1.29 is 29.0 Å². The fourth-order valence-electron chi connectivity index (χ4n) is 4.58. The van der Waals surface area contributed by atoms with E-state index in [2.05, 4.69) is 4.98 Å². The lowest BCUT2D eigenvalue weighted by atomic mass is 9.82. The summed E-state index contributed by atoms with van der Waals surface area (Å²) in [6.45, 7) is 8.83. The third-order valence-electron chi connectivity index (χ3n) is 6.33. The monoisotopic (exact) mass is 475 g/mol. The smallest absolute Gasteiger partial charge is 0.410 e. The van der Waals surface area contributed by atoms with Crippen LogP contribution in [0.4, 0.5) is 15.4 Å². The fraction of sp³-hybridized carbons (Fsp3) is 0.609. The molecule has 11 heteroatoms. The van der Waals surface area contributed by atoms with Gasteiger partial charge in [0.05, 0.1) is 5.92 Å². The van der Waals surface area contributed by atoms with Gasteiger partial charge in [-0.1, -0.05) is 27.7 Å². The largest absolute Gasteiger partial charge is 0.480 e. The maximum atomic E-state index is 13.0. The second kappa shape index (κ2) is 10.3. The number of piperazine rings is 1. The van der Waals surface area contributed by atoms with Crippen molar-refractivity contribution in [2.24, 2.45) is 17.8 Å². The summed E-state index contributed by atoms with van der Waals surface area (Å²) in [7, 11) is 0. The van der Waals surface area contributed by atoms with Crippen molar-refractivity contribution in [1.82, 2.24) is 19.7 Å². The standard InChI is InChI=1S/C23H33N5O6/c1-13(2)19(14(3)4)34-23(33)27-9-7-26(8-10-27)22(32)28-18(21(30)31)16(20(28)29)11-15-5-6-25-17(24)12-15/h5-6,12-14,16,18-19H,7-11H2,1-4H3,(H2,24,25)(H,30,31)/t16-,18+/m1/s1. The molecule has 34 heavy (non-hydrogen) atoms. The molecule has 2 aliphatic rings. The van der Waals surface area contributed by atoms with Gasteiger partial charge in [-0.25, -0.2) is 24.3 Å². The van der Waals surface area contributed by atoms with Gasteiger partial charge in [-0.3, -0.25) is 4.79 Å². The number of hydrogen-bond acceptors (Lipinski definition) is 7. The van der Waals surface area contributed by atoms with Crippen molar-refractivity contribution in [1.29, 1.82) is 0 Å². The summed E-state index contributed by atoms with van der Waals surface area (Å²) in [6.07, 6.45) is 0.995. The highest BCUT2D eigenvalue weighted by atomic mass is 16.6. The summed E-state index contributed by atoms with van der Waals surface area (Å²) in [5.41, 5.74) is 6.34. The number of urea groups is 1. The second-order valence-corrected chi connectivity index (χ2v) is 9.48. The lowest BCUT2D eigenvalue weighted by molar-refractivity contribution is -0.166. The quantitative estimate of drug-likeness (QED) is 0.591. The number of ether oxygens (including phenoxy) is 1. The second-order valence-electron chi connectivity index (χ2n) is 9.48. The van der Waals surface area contributed by atoms with E-state index in [0.29, 0.717) is 5.56 Å². The van der Waals surface area contributed by atoms with Gasteiger partial charge in [0.25, 0.3) is 0 Å². The van der Waals surface area contributed by atoms with E-state index in [-0.39, 0.29) is 56.4 Å². The SMILES string of the molecule is CC(C)C(OC(=O)N1CCN(C(=O)N2C(=O)[C@H](Cc3ccnc(N)c3)[C@H]2C(=O)O)CC1)C(C)C. The number of rotatable bonds is 6. The van der Waals surface area contributed by atoms with Gasteiger partial charge in [0.2, 0.25) is 5.91 Å². The van der Waals surface area contributed by atoms with Crippen LogP contribution in [-0.2, 0) is 20.7 Å². The first kappa shape index (κ1) is 25.3. The van der Waals surface area contributed by atoms with Gasteiger partial charge in [-0.15, -0.1) is 0 Å². The summed E-state index contributed by atoms with van der Waals surface area (Å²) in [5, 5.41) is 9.69. The molecule has 2 atom stereocenters. The van der Waals surface area contributed by atoms with Crippen LogP contribution in [0, 0.1) is 17.8 Å². The minimum atomic E-state index is -1.25. The molecule has 0 unspecified atom stereocenters. The molecule has 3 N–H and O–H groups in total. The molecule has 1 aromatic heterocycles. The van der Waals surface area contributed by atoms with E-state index in [1.165, 1.54) is 16.0 Å². The first-order valence-corrected chi connectivity index (χ1v) is 11.5. The maximum absolute atomic E-state index is 13.0. The van der Waals surface area contributed by atoms with E-state index in [1.807, 2.05) is 27.7 Å². The summed E-state index contributed by atoms with van der Waals surface area (Å²) in [5.74, 6) is -2.01. The topological polar surface area (TPSA) is 146 Å². The number of likely N-dealkylation sites (tertiary alicyclic amines) is 1. The maximum Gasteiger partial charge on any atom is 0.410 e. The van der Waals surface area contributed by atoms with Crippen molar-refractivity contribution in [2.75, 3.05) is 31.9 Å². The molecule has 0 saturated carbocycles. The van der Waals surface area contributed by atoms with Crippen molar-refractivity contribution in [3.8, 4) is 0 Å². The van der Waals surface area contributed by atoms with Crippen LogP contribution in [-0.4, -0.2) is 87.1 Å². The van der Waals surface area contributed by atoms with Crippen molar-refractivity contribution in [2.45, 2.75) is 46.3 Å². The Morgan fingerprint density at radius 2 is 1.71 bits per heavy atom. The third-order valence-corrected chi connectivity index (χ3v) is 6.33. The van der Waals surface area contributed by atoms with Gasteiger partial charge in [0, 0.05) is 32.4 Å². The van der Waals surface area contributed by atoms with Gasteiger partial charge >= 0.3 is 18.1 Å². The lowest BCUT2D eigenvalue weighted by Crippen LogP contribution is -2.70. The van der Waals surface area contributed by atoms with E-state index in [1.54, 1.807) is 12.1 Å². The molecular weight excluding hydrogens is 442 g/mol. The van der Waals surface area contributed by atoms with Gasteiger partial charge in [0.15, 0.2) is 6.04 Å². The number of carbonyl (C=O) groups is 4. The number of carbonyl (C=O) groups excluding carboxylic acids is 3. The number of aromatic nitrogens is 1. The summed E-state index contributed by atoms with van der Waals surface area (Å²) in [6, 6.07) is 1.33. The van der Waals surface area contributed by atoms with Gasteiger partial charge < -0.3 is 25.4 Å². The number of carboxylic acid groups (broad SMARTS) is 1. The van der Waals surface area contributed by atoms with Gasteiger partial charge in [-0.2, -0.15) is 0 Å². The van der Waals surface area contributed by atoms with E-state index in [0.717, 1.165) is 4.90 Å². The minimum Gasteiger partial charge on any atom is -0.480 e. The molecule has 0 spiro atoms. The Balaban J connectivity index is 1.59. The average molecular weight is 476 g/mol. The molecule has 4 amide bonds. The Labute approximate surface area is 198 Å². The van der Waals surface area contributed by atoms with Crippen LogP contribution in [0.5, 0.6) is 0 Å². The number of carboxylic acids is 1. The molecule has 3 heterocycles. The predicted octanol–water partition coefficient (Wildman–Crippen LogP) is 1.67. The van der Waals surface area contributed by atoms with Crippen LogP contribution < -0.4 is 5.73 Å². The predicted molar refractivity (Wildman–Crippen MR) is 123 cm³/mol. The summed E-state index contributed by atoms with van der Waals surface area (Å²) >= 11 is 0. The number of hydrogen-bond donors (Lipinski definition) is 2. The number of nitrogens with two attached hydrogens (primary N) is 1. The highest BCUT2D eigenvalue weighted by molar-refractivity contribution is 6.07. The van der Waals surface area contributed by atoms with Gasteiger partial charge in [0.1, 0.15) is 11.9 Å². The number of pyridine rings is 1. The Kier molecular flexibility index (Phi) is 7.63. The van der Waals surface area contributed by atoms with E-state index >= 15 is 0 Å². The van der Waals surface area contributed by atoms with E-state index in [9.17, 15) is 24.3 Å². The number of nitrogen functional groups attached to an aromatic ring is 1. The molecule has 3 rings (SSSR count). The Morgan fingerprint density at radius 3 is 2.24 bits per heavy atom. The summed E-state index contributed by atoms with van der Waals surface area (Å²) in [4.78, 5) is 57.8. The van der Waals surface area contributed by atoms with Crippen LogP contribution in [0.3, 0.4) is 0 Å². The number of amides is 4. The van der Waals surface area contributed by atoms with Crippen LogP contribution in [0.25, 0.3) is 0 Å². The molecule has 2 aliphatic heterocycles. The van der Waals surface area contributed by atoms with Crippen LogP contribution in [0.2, 0.25) is 0 Å². The molecule has 0 aromatic carbocycles. The third kappa shape index (κ3) is 5.23.